The third-order valence-electron chi connectivity index (χ3n) is 4.14. The quantitative estimate of drug-likeness (QED) is 0.462. The largest absolute Gasteiger partial charge is 0.494 e. The molecule has 0 unspecified atom stereocenters. The molecule has 2 aromatic carbocycles. The van der Waals surface area contributed by atoms with Crippen molar-refractivity contribution in [2.24, 2.45) is 0 Å². The molecule has 0 spiro atoms. The molecule has 8 heteroatoms. The highest BCUT2D eigenvalue weighted by Gasteiger charge is 2.17. The number of hydrogen-bond donors (Lipinski definition) is 0. The average Bonchev–Trinajstić information content (AvgIpc) is 3.19. The van der Waals surface area contributed by atoms with E-state index in [0.717, 1.165) is 11.3 Å². The van der Waals surface area contributed by atoms with Crippen molar-refractivity contribution >= 4 is 11.6 Å². The van der Waals surface area contributed by atoms with Gasteiger partial charge in [-0.2, -0.15) is 5.10 Å². The minimum Gasteiger partial charge on any atom is -0.494 e. The molecule has 144 valence electrons. The molecule has 0 bridgehead atoms. The summed E-state index contributed by atoms with van der Waals surface area (Å²) in [5.41, 5.74) is 1.63. The van der Waals surface area contributed by atoms with Gasteiger partial charge in [0, 0.05) is 37.5 Å². The predicted molar refractivity (Wildman–Crippen MR) is 104 cm³/mol. The van der Waals surface area contributed by atoms with E-state index >= 15 is 0 Å². The minimum absolute atomic E-state index is 0.0366. The predicted octanol–water partition coefficient (Wildman–Crippen LogP) is 3.45. The number of nitro groups is 1. The molecule has 1 heterocycles. The van der Waals surface area contributed by atoms with Crippen LogP contribution >= 0.6 is 0 Å². The van der Waals surface area contributed by atoms with E-state index in [9.17, 15) is 14.9 Å². The van der Waals surface area contributed by atoms with E-state index in [2.05, 4.69) is 5.10 Å². The minimum atomic E-state index is -0.470. The number of benzene rings is 2. The Morgan fingerprint density at radius 3 is 2.75 bits per heavy atom. The first-order valence-corrected chi connectivity index (χ1v) is 8.76. The SMILES string of the molecule is CCOc1ccccc1CN(C)C(=O)c1ccn(-c2cccc([N+](=O)[O-])c2)n1. The Morgan fingerprint density at radius 2 is 2.00 bits per heavy atom. The Balaban J connectivity index is 1.77. The first-order valence-electron chi connectivity index (χ1n) is 8.76. The monoisotopic (exact) mass is 380 g/mol. The van der Waals surface area contributed by atoms with Crippen LogP contribution in [-0.2, 0) is 6.54 Å². The number of para-hydroxylation sites is 1. The lowest BCUT2D eigenvalue weighted by atomic mass is 10.2. The Labute approximate surface area is 162 Å². The zero-order valence-corrected chi connectivity index (χ0v) is 15.6. The van der Waals surface area contributed by atoms with Gasteiger partial charge in [-0.05, 0) is 25.1 Å². The third kappa shape index (κ3) is 4.17. The zero-order chi connectivity index (χ0) is 20.1. The summed E-state index contributed by atoms with van der Waals surface area (Å²) < 4.78 is 7.05. The van der Waals surface area contributed by atoms with Gasteiger partial charge in [0.1, 0.15) is 5.75 Å². The molecule has 0 fully saturated rings. The van der Waals surface area contributed by atoms with E-state index in [-0.39, 0.29) is 17.3 Å². The van der Waals surface area contributed by atoms with Crippen molar-refractivity contribution < 1.29 is 14.5 Å². The Morgan fingerprint density at radius 1 is 1.21 bits per heavy atom. The molecule has 1 aromatic heterocycles. The van der Waals surface area contributed by atoms with Crippen LogP contribution in [0.1, 0.15) is 23.0 Å². The van der Waals surface area contributed by atoms with Crippen molar-refractivity contribution in [3.05, 3.63) is 82.2 Å². The van der Waals surface area contributed by atoms with Crippen molar-refractivity contribution in [1.29, 1.82) is 0 Å². The standard InChI is InChI=1S/C20H20N4O4/c1-3-28-19-10-5-4-7-15(19)14-22(2)20(25)18-11-12-23(21-18)16-8-6-9-17(13-16)24(26)27/h4-13H,3,14H2,1-2H3. The number of ether oxygens (including phenoxy) is 1. The number of aromatic nitrogens is 2. The summed E-state index contributed by atoms with van der Waals surface area (Å²) in [5, 5.41) is 15.2. The number of carbonyl (C=O) groups is 1. The molecule has 0 aliphatic carbocycles. The highest BCUT2D eigenvalue weighted by molar-refractivity contribution is 5.92. The molecule has 0 N–H and O–H groups in total. The summed E-state index contributed by atoms with van der Waals surface area (Å²) in [7, 11) is 1.69. The Hall–Kier alpha value is -3.68. The topological polar surface area (TPSA) is 90.5 Å². The van der Waals surface area contributed by atoms with Gasteiger partial charge in [0.05, 0.1) is 17.2 Å². The summed E-state index contributed by atoms with van der Waals surface area (Å²) in [6, 6.07) is 15.2. The second kappa shape index (κ2) is 8.34. The zero-order valence-electron chi connectivity index (χ0n) is 15.6. The molecule has 8 nitrogen and oxygen atoms in total. The summed E-state index contributed by atoms with van der Waals surface area (Å²) in [5.74, 6) is 0.488. The highest BCUT2D eigenvalue weighted by atomic mass is 16.6. The lowest BCUT2D eigenvalue weighted by Crippen LogP contribution is -2.27. The first-order chi connectivity index (χ1) is 13.5. The lowest BCUT2D eigenvalue weighted by molar-refractivity contribution is -0.384. The van der Waals surface area contributed by atoms with Crippen molar-refractivity contribution in [2.45, 2.75) is 13.5 Å². The molecule has 0 aliphatic rings. The van der Waals surface area contributed by atoms with Gasteiger partial charge in [-0.25, -0.2) is 4.68 Å². The van der Waals surface area contributed by atoms with E-state index in [1.54, 1.807) is 36.3 Å². The van der Waals surface area contributed by atoms with E-state index in [1.807, 2.05) is 31.2 Å². The van der Waals surface area contributed by atoms with Gasteiger partial charge in [-0.1, -0.05) is 24.3 Å². The molecule has 1 amide bonds. The van der Waals surface area contributed by atoms with Crippen LogP contribution in [0.2, 0.25) is 0 Å². The van der Waals surface area contributed by atoms with Crippen LogP contribution in [0.4, 0.5) is 5.69 Å². The van der Waals surface area contributed by atoms with Gasteiger partial charge >= 0.3 is 0 Å². The second-order valence-corrected chi connectivity index (χ2v) is 6.12. The maximum atomic E-state index is 12.7. The molecule has 0 saturated heterocycles. The number of nitro benzene ring substituents is 1. The molecule has 0 atom stereocenters. The molecular weight excluding hydrogens is 360 g/mol. The van der Waals surface area contributed by atoms with E-state index < -0.39 is 4.92 Å². The average molecular weight is 380 g/mol. The first kappa shape index (κ1) is 19.1. The van der Waals surface area contributed by atoms with Crippen LogP contribution in [-0.4, -0.2) is 39.2 Å². The summed E-state index contributed by atoms with van der Waals surface area (Å²) >= 11 is 0. The molecule has 3 rings (SSSR count). The van der Waals surface area contributed by atoms with E-state index in [1.165, 1.54) is 16.8 Å². The van der Waals surface area contributed by atoms with Crippen molar-refractivity contribution in [3.8, 4) is 11.4 Å². The number of amides is 1. The molecule has 28 heavy (non-hydrogen) atoms. The fourth-order valence-electron chi connectivity index (χ4n) is 2.78. The Bertz CT molecular complexity index is 999. The molecule has 3 aromatic rings. The smallest absolute Gasteiger partial charge is 0.274 e. The molecule has 0 aliphatic heterocycles. The summed E-state index contributed by atoms with van der Waals surface area (Å²) in [6.07, 6.45) is 1.61. The number of rotatable bonds is 7. The van der Waals surface area contributed by atoms with Crippen LogP contribution < -0.4 is 4.74 Å². The van der Waals surface area contributed by atoms with Crippen molar-refractivity contribution in [3.63, 3.8) is 0 Å². The van der Waals surface area contributed by atoms with Gasteiger partial charge in [0.15, 0.2) is 5.69 Å². The molecule has 0 radical (unpaired) electrons. The van der Waals surface area contributed by atoms with Gasteiger partial charge in [0.2, 0.25) is 0 Å². The maximum Gasteiger partial charge on any atom is 0.274 e. The van der Waals surface area contributed by atoms with Gasteiger partial charge < -0.3 is 9.64 Å². The fourth-order valence-corrected chi connectivity index (χ4v) is 2.78. The van der Waals surface area contributed by atoms with Crippen LogP contribution in [0, 0.1) is 10.1 Å². The summed E-state index contributed by atoms with van der Waals surface area (Å²) in [6.45, 7) is 2.83. The lowest BCUT2D eigenvalue weighted by Gasteiger charge is -2.18. The fraction of sp³-hybridized carbons (Fsp3) is 0.200. The normalized spacial score (nSPS) is 10.5. The van der Waals surface area contributed by atoms with Crippen LogP contribution in [0.15, 0.2) is 60.8 Å². The van der Waals surface area contributed by atoms with Crippen LogP contribution in [0.5, 0.6) is 5.75 Å². The number of nitrogens with zero attached hydrogens (tertiary/aromatic N) is 4. The van der Waals surface area contributed by atoms with Crippen LogP contribution in [0.25, 0.3) is 5.69 Å². The number of hydrogen-bond acceptors (Lipinski definition) is 5. The van der Waals surface area contributed by atoms with Gasteiger partial charge in [-0.3, -0.25) is 14.9 Å². The van der Waals surface area contributed by atoms with Crippen molar-refractivity contribution in [2.75, 3.05) is 13.7 Å². The van der Waals surface area contributed by atoms with E-state index in [4.69, 9.17) is 4.74 Å². The second-order valence-electron chi connectivity index (χ2n) is 6.12. The molecular formula is C20H20N4O4. The van der Waals surface area contributed by atoms with Crippen molar-refractivity contribution in [1.82, 2.24) is 14.7 Å². The maximum absolute atomic E-state index is 12.7. The molecule has 0 saturated carbocycles. The number of non-ortho nitro benzene ring substituents is 1. The van der Waals surface area contributed by atoms with Crippen LogP contribution in [0.3, 0.4) is 0 Å². The van der Waals surface area contributed by atoms with E-state index in [0.29, 0.717) is 18.8 Å². The van der Waals surface area contributed by atoms with Gasteiger partial charge in [0.25, 0.3) is 11.6 Å². The Kier molecular flexibility index (Phi) is 5.69. The van der Waals surface area contributed by atoms with Gasteiger partial charge in [-0.15, -0.1) is 0 Å². The third-order valence-corrected chi connectivity index (χ3v) is 4.14. The highest BCUT2D eigenvalue weighted by Crippen LogP contribution is 2.20. The summed E-state index contributed by atoms with van der Waals surface area (Å²) in [4.78, 5) is 24.8. The number of carbonyl (C=O) groups excluding carboxylic acids is 1.